The topological polar surface area (TPSA) is 80.3 Å². The van der Waals surface area contributed by atoms with Crippen molar-refractivity contribution < 1.29 is 14.3 Å². The van der Waals surface area contributed by atoms with Gasteiger partial charge in [0, 0.05) is 0 Å². The standard InChI is InChI=1S/C14H21N3O3S/c1-9(16-13(19)20-14(2,3)4)12(18)17-10-6-7-11(21-5)15-8-10/h6-9H,1-5H3,(H,16,19)(H,17,18)/t9-/m0/s1. The lowest BCUT2D eigenvalue weighted by atomic mass is 10.2. The molecule has 1 atom stereocenters. The highest BCUT2D eigenvalue weighted by Gasteiger charge is 2.21. The summed E-state index contributed by atoms with van der Waals surface area (Å²) >= 11 is 1.52. The summed E-state index contributed by atoms with van der Waals surface area (Å²) in [6.07, 6.45) is 2.87. The molecule has 0 aliphatic heterocycles. The van der Waals surface area contributed by atoms with Crippen molar-refractivity contribution in [1.82, 2.24) is 10.3 Å². The molecule has 1 heterocycles. The van der Waals surface area contributed by atoms with E-state index < -0.39 is 17.7 Å². The molecule has 21 heavy (non-hydrogen) atoms. The molecule has 0 radical (unpaired) electrons. The van der Waals surface area contributed by atoms with Gasteiger partial charge >= 0.3 is 6.09 Å². The third-order valence-electron chi connectivity index (χ3n) is 2.34. The van der Waals surface area contributed by atoms with Gasteiger partial charge in [0.2, 0.25) is 5.91 Å². The van der Waals surface area contributed by atoms with Crippen molar-refractivity contribution in [2.45, 2.75) is 44.4 Å². The fourth-order valence-electron chi connectivity index (χ4n) is 1.38. The Balaban J connectivity index is 2.52. The number of alkyl carbamates (subject to hydrolysis) is 1. The fraction of sp³-hybridized carbons (Fsp3) is 0.500. The Hall–Kier alpha value is -1.76. The maximum Gasteiger partial charge on any atom is 0.408 e. The number of ether oxygens (including phenoxy) is 1. The molecule has 0 fully saturated rings. The van der Waals surface area contributed by atoms with Gasteiger partial charge in [-0.1, -0.05) is 0 Å². The minimum Gasteiger partial charge on any atom is -0.444 e. The summed E-state index contributed by atoms with van der Waals surface area (Å²) in [6.45, 7) is 6.87. The number of thioether (sulfide) groups is 1. The van der Waals surface area contributed by atoms with Crippen LogP contribution in [0.2, 0.25) is 0 Å². The summed E-state index contributed by atoms with van der Waals surface area (Å²) < 4.78 is 5.09. The van der Waals surface area contributed by atoms with E-state index in [2.05, 4.69) is 15.6 Å². The maximum absolute atomic E-state index is 12.0. The predicted molar refractivity (Wildman–Crippen MR) is 83.5 cm³/mol. The summed E-state index contributed by atoms with van der Waals surface area (Å²) in [6, 6.07) is 2.86. The molecule has 1 rings (SSSR count). The van der Waals surface area contributed by atoms with Crippen LogP contribution in [0.5, 0.6) is 0 Å². The van der Waals surface area contributed by atoms with Gasteiger partial charge in [-0.15, -0.1) is 11.8 Å². The minimum absolute atomic E-state index is 0.334. The van der Waals surface area contributed by atoms with E-state index in [9.17, 15) is 9.59 Å². The Labute approximate surface area is 129 Å². The average Bonchev–Trinajstić information content (AvgIpc) is 2.37. The first-order valence-corrected chi connectivity index (χ1v) is 7.74. The first-order valence-electron chi connectivity index (χ1n) is 6.51. The van der Waals surface area contributed by atoms with Crippen LogP contribution in [0.1, 0.15) is 27.7 Å². The number of hydrogen-bond donors (Lipinski definition) is 2. The lowest BCUT2D eigenvalue weighted by Gasteiger charge is -2.21. The van der Waals surface area contributed by atoms with Gasteiger partial charge in [-0.25, -0.2) is 9.78 Å². The van der Waals surface area contributed by atoms with E-state index in [1.54, 1.807) is 40.0 Å². The number of anilines is 1. The van der Waals surface area contributed by atoms with Gasteiger partial charge in [0.15, 0.2) is 0 Å². The molecule has 0 aliphatic carbocycles. The summed E-state index contributed by atoms with van der Waals surface area (Å²) in [5.74, 6) is -0.334. The molecule has 2 amide bonds. The van der Waals surface area contributed by atoms with Crippen LogP contribution in [0.15, 0.2) is 23.4 Å². The molecule has 1 aromatic rings. The molecule has 0 bridgehead atoms. The molecule has 0 saturated heterocycles. The number of carbonyl (C=O) groups excluding carboxylic acids is 2. The van der Waals surface area contributed by atoms with Gasteiger partial charge in [-0.05, 0) is 46.1 Å². The molecule has 0 aliphatic rings. The second-order valence-corrected chi connectivity index (χ2v) is 6.27. The number of amides is 2. The van der Waals surface area contributed by atoms with Gasteiger partial charge in [0.05, 0.1) is 16.9 Å². The van der Waals surface area contributed by atoms with Gasteiger partial charge in [0.25, 0.3) is 0 Å². The third kappa shape index (κ3) is 6.48. The SMILES string of the molecule is CSc1ccc(NC(=O)[C@H](C)NC(=O)OC(C)(C)C)cn1. The van der Waals surface area contributed by atoms with Crippen LogP contribution < -0.4 is 10.6 Å². The van der Waals surface area contributed by atoms with Gasteiger partial charge < -0.3 is 15.4 Å². The Morgan fingerprint density at radius 1 is 1.33 bits per heavy atom. The van der Waals surface area contributed by atoms with Crippen LogP contribution >= 0.6 is 11.8 Å². The monoisotopic (exact) mass is 311 g/mol. The highest BCUT2D eigenvalue weighted by Crippen LogP contribution is 2.14. The van der Waals surface area contributed by atoms with Crippen molar-refractivity contribution in [3.05, 3.63) is 18.3 Å². The zero-order valence-corrected chi connectivity index (χ0v) is 13.7. The van der Waals surface area contributed by atoms with E-state index >= 15 is 0 Å². The Bertz CT molecular complexity index is 497. The van der Waals surface area contributed by atoms with E-state index in [1.165, 1.54) is 11.8 Å². The molecular weight excluding hydrogens is 290 g/mol. The molecule has 0 saturated carbocycles. The molecule has 6 nitrogen and oxygen atoms in total. The number of nitrogens with one attached hydrogen (secondary N) is 2. The lowest BCUT2D eigenvalue weighted by Crippen LogP contribution is -2.43. The summed E-state index contributed by atoms with van der Waals surface area (Å²) in [4.78, 5) is 27.7. The van der Waals surface area contributed by atoms with Crippen LogP contribution in [0.3, 0.4) is 0 Å². The largest absolute Gasteiger partial charge is 0.444 e. The molecule has 7 heteroatoms. The van der Waals surface area contributed by atoms with Crippen LogP contribution in [0, 0.1) is 0 Å². The van der Waals surface area contributed by atoms with Gasteiger partial charge in [0.1, 0.15) is 11.6 Å². The maximum atomic E-state index is 12.0. The van der Waals surface area contributed by atoms with Crippen molar-refractivity contribution in [2.75, 3.05) is 11.6 Å². The van der Waals surface area contributed by atoms with Gasteiger partial charge in [-0.3, -0.25) is 4.79 Å². The van der Waals surface area contributed by atoms with Crippen LogP contribution in [0.4, 0.5) is 10.5 Å². The zero-order chi connectivity index (χ0) is 16.0. The summed E-state index contributed by atoms with van der Waals surface area (Å²) in [5, 5.41) is 6.03. The second-order valence-electron chi connectivity index (χ2n) is 5.45. The quantitative estimate of drug-likeness (QED) is 0.836. The number of hydrogen-bond acceptors (Lipinski definition) is 5. The Morgan fingerprint density at radius 2 is 2.00 bits per heavy atom. The van der Waals surface area contributed by atoms with Crippen molar-refractivity contribution in [2.24, 2.45) is 0 Å². The number of nitrogens with zero attached hydrogens (tertiary/aromatic N) is 1. The average molecular weight is 311 g/mol. The van der Waals surface area contributed by atoms with Crippen molar-refractivity contribution in [1.29, 1.82) is 0 Å². The molecular formula is C14H21N3O3S. The molecule has 0 unspecified atom stereocenters. The molecule has 0 spiro atoms. The smallest absolute Gasteiger partial charge is 0.408 e. The van der Waals surface area contributed by atoms with Gasteiger partial charge in [-0.2, -0.15) is 0 Å². The summed E-state index contributed by atoms with van der Waals surface area (Å²) in [5.41, 5.74) is -0.0201. The Morgan fingerprint density at radius 3 is 2.48 bits per heavy atom. The van der Waals surface area contributed by atoms with Crippen molar-refractivity contribution in [3.63, 3.8) is 0 Å². The number of aromatic nitrogens is 1. The molecule has 0 aromatic carbocycles. The molecule has 116 valence electrons. The Kier molecular flexibility index (Phi) is 6.02. The number of pyridine rings is 1. The number of rotatable bonds is 4. The van der Waals surface area contributed by atoms with Crippen LogP contribution in [-0.4, -0.2) is 34.9 Å². The van der Waals surface area contributed by atoms with Crippen molar-refractivity contribution in [3.8, 4) is 0 Å². The van der Waals surface area contributed by atoms with E-state index in [4.69, 9.17) is 4.74 Å². The van der Waals surface area contributed by atoms with E-state index in [0.29, 0.717) is 5.69 Å². The minimum atomic E-state index is -0.708. The highest BCUT2D eigenvalue weighted by atomic mass is 32.2. The second kappa shape index (κ2) is 7.31. The third-order valence-corrected chi connectivity index (χ3v) is 3.00. The fourth-order valence-corrected chi connectivity index (χ4v) is 1.74. The molecule has 1 aromatic heterocycles. The van der Waals surface area contributed by atoms with E-state index in [0.717, 1.165) is 5.03 Å². The first-order chi connectivity index (χ1) is 9.71. The summed E-state index contributed by atoms with van der Waals surface area (Å²) in [7, 11) is 0. The van der Waals surface area contributed by atoms with Crippen molar-refractivity contribution >= 4 is 29.4 Å². The zero-order valence-electron chi connectivity index (χ0n) is 12.9. The lowest BCUT2D eigenvalue weighted by molar-refractivity contribution is -0.117. The highest BCUT2D eigenvalue weighted by molar-refractivity contribution is 7.98. The van der Waals surface area contributed by atoms with Crippen LogP contribution in [-0.2, 0) is 9.53 Å². The van der Waals surface area contributed by atoms with Crippen LogP contribution in [0.25, 0.3) is 0 Å². The predicted octanol–water partition coefficient (Wildman–Crippen LogP) is 2.66. The van der Waals surface area contributed by atoms with E-state index in [1.807, 2.05) is 12.3 Å². The normalized spacial score (nSPS) is 12.4. The number of carbonyl (C=O) groups is 2. The van der Waals surface area contributed by atoms with E-state index in [-0.39, 0.29) is 5.91 Å². The molecule has 2 N–H and O–H groups in total. The first kappa shape index (κ1) is 17.3.